The number of hydrogen-bond donors (Lipinski definition) is 1. The van der Waals surface area contributed by atoms with Crippen LogP contribution < -0.4 is 24.4 Å². The van der Waals surface area contributed by atoms with Crippen LogP contribution in [0, 0.1) is 0 Å². The zero-order chi connectivity index (χ0) is 20.1. The van der Waals surface area contributed by atoms with Gasteiger partial charge in [0.2, 0.25) is 5.75 Å². The standard InChI is InChI=1S/C19H25N5O4/c1-23-7-9-24(10-8-23)17-6-5-16(21-22-17)20-19(25)13-11-14(26-2)18(28-4)15(12-13)27-3/h5-6,11-12H,7-10H2,1-4H3,(H,20,21,25). The van der Waals surface area contributed by atoms with Gasteiger partial charge < -0.3 is 29.3 Å². The van der Waals surface area contributed by atoms with Crippen molar-refractivity contribution in [1.82, 2.24) is 15.1 Å². The molecule has 2 heterocycles. The van der Waals surface area contributed by atoms with Gasteiger partial charge in [0, 0.05) is 31.7 Å². The van der Waals surface area contributed by atoms with Gasteiger partial charge in [-0.25, -0.2) is 0 Å². The number of carbonyl (C=O) groups excluding carboxylic acids is 1. The second-order valence-electron chi connectivity index (χ2n) is 6.44. The molecule has 1 saturated heterocycles. The van der Waals surface area contributed by atoms with Gasteiger partial charge in [-0.1, -0.05) is 0 Å². The highest BCUT2D eigenvalue weighted by molar-refractivity contribution is 6.04. The third-order valence-corrected chi connectivity index (χ3v) is 4.65. The molecule has 0 radical (unpaired) electrons. The Morgan fingerprint density at radius 1 is 0.964 bits per heavy atom. The summed E-state index contributed by atoms with van der Waals surface area (Å²) in [6.45, 7) is 3.78. The predicted molar refractivity (Wildman–Crippen MR) is 106 cm³/mol. The molecule has 9 heteroatoms. The number of ether oxygens (including phenoxy) is 3. The zero-order valence-corrected chi connectivity index (χ0v) is 16.6. The molecule has 1 aliphatic rings. The van der Waals surface area contributed by atoms with Gasteiger partial charge in [0.05, 0.1) is 21.3 Å². The zero-order valence-electron chi connectivity index (χ0n) is 16.6. The van der Waals surface area contributed by atoms with Gasteiger partial charge in [-0.3, -0.25) is 4.79 Å². The second kappa shape index (κ2) is 8.75. The van der Waals surface area contributed by atoms with E-state index in [0.717, 1.165) is 32.0 Å². The average Bonchev–Trinajstić information content (AvgIpc) is 2.73. The predicted octanol–water partition coefficient (Wildman–Crippen LogP) is 1.51. The molecule has 28 heavy (non-hydrogen) atoms. The van der Waals surface area contributed by atoms with Gasteiger partial charge in [0.1, 0.15) is 0 Å². The summed E-state index contributed by atoms with van der Waals surface area (Å²) in [5.74, 6) is 2.07. The SMILES string of the molecule is COc1cc(C(=O)Nc2ccc(N3CCN(C)CC3)nn2)cc(OC)c1OC. The Morgan fingerprint density at radius 3 is 2.11 bits per heavy atom. The van der Waals surface area contributed by atoms with Crippen LogP contribution in [0.2, 0.25) is 0 Å². The molecule has 1 fully saturated rings. The quantitative estimate of drug-likeness (QED) is 0.798. The summed E-state index contributed by atoms with van der Waals surface area (Å²) in [6, 6.07) is 6.78. The van der Waals surface area contributed by atoms with Gasteiger partial charge in [-0.2, -0.15) is 0 Å². The Balaban J connectivity index is 1.72. The van der Waals surface area contributed by atoms with Crippen molar-refractivity contribution in [3.05, 3.63) is 29.8 Å². The molecule has 0 aliphatic carbocycles. The van der Waals surface area contributed by atoms with Crippen LogP contribution in [0.4, 0.5) is 11.6 Å². The lowest BCUT2D eigenvalue weighted by molar-refractivity contribution is 0.102. The van der Waals surface area contributed by atoms with Crippen LogP contribution >= 0.6 is 0 Å². The maximum Gasteiger partial charge on any atom is 0.257 e. The summed E-state index contributed by atoms with van der Waals surface area (Å²) in [5, 5.41) is 11.1. The van der Waals surface area contributed by atoms with Gasteiger partial charge >= 0.3 is 0 Å². The van der Waals surface area contributed by atoms with E-state index in [1.165, 1.54) is 21.3 Å². The number of piperazine rings is 1. The van der Waals surface area contributed by atoms with E-state index in [4.69, 9.17) is 14.2 Å². The molecule has 1 N–H and O–H groups in total. The number of likely N-dealkylation sites (N-methyl/N-ethyl adjacent to an activating group) is 1. The normalized spacial score (nSPS) is 14.5. The van der Waals surface area contributed by atoms with Crippen LogP contribution in [0.15, 0.2) is 24.3 Å². The van der Waals surface area contributed by atoms with Crippen molar-refractivity contribution < 1.29 is 19.0 Å². The molecule has 1 aromatic heterocycles. The number of carbonyl (C=O) groups is 1. The summed E-state index contributed by atoms with van der Waals surface area (Å²) in [4.78, 5) is 17.1. The molecule has 0 spiro atoms. The highest BCUT2D eigenvalue weighted by Crippen LogP contribution is 2.38. The molecule has 0 atom stereocenters. The molecular weight excluding hydrogens is 362 g/mol. The lowest BCUT2D eigenvalue weighted by Crippen LogP contribution is -2.44. The van der Waals surface area contributed by atoms with Gasteiger partial charge in [-0.15, -0.1) is 10.2 Å². The number of nitrogens with one attached hydrogen (secondary N) is 1. The van der Waals surface area contributed by atoms with Crippen molar-refractivity contribution in [2.24, 2.45) is 0 Å². The molecule has 3 rings (SSSR count). The molecule has 1 aromatic carbocycles. The fourth-order valence-corrected chi connectivity index (χ4v) is 3.00. The van der Waals surface area contributed by atoms with E-state index in [9.17, 15) is 4.79 Å². The minimum atomic E-state index is -0.346. The van der Waals surface area contributed by atoms with E-state index < -0.39 is 0 Å². The smallest absolute Gasteiger partial charge is 0.257 e. The first-order valence-electron chi connectivity index (χ1n) is 8.94. The van der Waals surface area contributed by atoms with E-state index in [1.807, 2.05) is 6.07 Å². The Hall–Kier alpha value is -3.07. The van der Waals surface area contributed by atoms with E-state index in [2.05, 4.69) is 32.4 Å². The Bertz CT molecular complexity index is 795. The average molecular weight is 387 g/mol. The Kier molecular flexibility index (Phi) is 6.15. The molecule has 2 aromatic rings. The fraction of sp³-hybridized carbons (Fsp3) is 0.421. The largest absolute Gasteiger partial charge is 0.493 e. The lowest BCUT2D eigenvalue weighted by Gasteiger charge is -2.32. The van der Waals surface area contributed by atoms with Crippen LogP contribution in [0.3, 0.4) is 0 Å². The van der Waals surface area contributed by atoms with Gasteiger partial charge in [-0.05, 0) is 31.3 Å². The third kappa shape index (κ3) is 4.25. The first-order chi connectivity index (χ1) is 13.5. The number of rotatable bonds is 6. The maximum atomic E-state index is 12.6. The highest BCUT2D eigenvalue weighted by atomic mass is 16.5. The number of nitrogens with zero attached hydrogens (tertiary/aromatic N) is 4. The van der Waals surface area contributed by atoms with Crippen LogP contribution in [0.1, 0.15) is 10.4 Å². The molecule has 0 bridgehead atoms. The summed E-state index contributed by atoms with van der Waals surface area (Å²) in [7, 11) is 6.62. The molecule has 0 saturated carbocycles. The van der Waals surface area contributed by atoms with Crippen LogP contribution in [0.5, 0.6) is 17.2 Å². The van der Waals surface area contributed by atoms with E-state index >= 15 is 0 Å². The van der Waals surface area contributed by atoms with Crippen LogP contribution in [-0.2, 0) is 0 Å². The van der Waals surface area contributed by atoms with E-state index in [1.54, 1.807) is 18.2 Å². The number of methoxy groups -OCH3 is 3. The molecule has 1 amide bonds. The number of benzene rings is 1. The minimum absolute atomic E-state index is 0.346. The van der Waals surface area contributed by atoms with Crippen molar-refractivity contribution >= 4 is 17.5 Å². The van der Waals surface area contributed by atoms with Crippen molar-refractivity contribution in [2.45, 2.75) is 0 Å². The van der Waals surface area contributed by atoms with Gasteiger partial charge in [0.15, 0.2) is 23.1 Å². The monoisotopic (exact) mass is 387 g/mol. The van der Waals surface area contributed by atoms with E-state index in [0.29, 0.717) is 28.6 Å². The summed E-state index contributed by atoms with van der Waals surface area (Å²) in [6.07, 6.45) is 0. The third-order valence-electron chi connectivity index (χ3n) is 4.65. The van der Waals surface area contributed by atoms with Crippen molar-refractivity contribution in [2.75, 3.05) is 64.8 Å². The number of amides is 1. The second-order valence-corrected chi connectivity index (χ2v) is 6.44. The fourth-order valence-electron chi connectivity index (χ4n) is 3.00. The van der Waals surface area contributed by atoms with Crippen molar-refractivity contribution in [3.63, 3.8) is 0 Å². The summed E-state index contributed by atoms with van der Waals surface area (Å²) < 4.78 is 15.9. The number of aromatic nitrogens is 2. The highest BCUT2D eigenvalue weighted by Gasteiger charge is 2.18. The van der Waals surface area contributed by atoms with Crippen LogP contribution in [-0.4, -0.2) is 75.6 Å². The first-order valence-corrected chi connectivity index (χ1v) is 8.94. The lowest BCUT2D eigenvalue weighted by atomic mass is 10.1. The topological polar surface area (TPSA) is 89.1 Å². The minimum Gasteiger partial charge on any atom is -0.493 e. The Morgan fingerprint density at radius 2 is 1.61 bits per heavy atom. The number of hydrogen-bond acceptors (Lipinski definition) is 8. The summed E-state index contributed by atoms with van der Waals surface area (Å²) in [5.41, 5.74) is 0.361. The molecule has 150 valence electrons. The number of anilines is 2. The molecular formula is C19H25N5O4. The van der Waals surface area contributed by atoms with Crippen molar-refractivity contribution in [3.8, 4) is 17.2 Å². The van der Waals surface area contributed by atoms with E-state index in [-0.39, 0.29) is 5.91 Å². The Labute approximate surface area is 164 Å². The van der Waals surface area contributed by atoms with Gasteiger partial charge in [0.25, 0.3) is 5.91 Å². The molecule has 1 aliphatic heterocycles. The van der Waals surface area contributed by atoms with Crippen LogP contribution in [0.25, 0.3) is 0 Å². The molecule has 9 nitrogen and oxygen atoms in total. The summed E-state index contributed by atoms with van der Waals surface area (Å²) >= 11 is 0. The first kappa shape index (κ1) is 19.7. The van der Waals surface area contributed by atoms with Crippen molar-refractivity contribution in [1.29, 1.82) is 0 Å². The maximum absolute atomic E-state index is 12.6. The molecule has 0 unspecified atom stereocenters.